The largest absolute Gasteiger partial charge is 0.435 e. The van der Waals surface area contributed by atoms with Gasteiger partial charge in [0.25, 0.3) is 16.6 Å². The summed E-state index contributed by atoms with van der Waals surface area (Å²) in [5.74, 6) is 0. The highest BCUT2D eigenvalue weighted by atomic mass is 28.4. The van der Waals surface area contributed by atoms with Crippen LogP contribution in [0.5, 0.6) is 0 Å². The highest BCUT2D eigenvalue weighted by Crippen LogP contribution is 2.27. The van der Waals surface area contributed by atoms with E-state index in [-0.39, 0.29) is 11.1 Å². The predicted molar refractivity (Wildman–Crippen MR) is 189 cm³/mol. The summed E-state index contributed by atoms with van der Waals surface area (Å²) in [4.78, 5) is 0. The molecule has 0 bridgehead atoms. The highest BCUT2D eigenvalue weighted by Gasteiger charge is 2.54. The molecule has 0 aliphatic rings. The second-order valence-electron chi connectivity index (χ2n) is 11.8. The number of hydrogen-bond acceptors (Lipinski definition) is 1. The highest BCUT2D eigenvalue weighted by molar-refractivity contribution is 7.18. The molecule has 0 radical (unpaired) electrons. The predicted octanol–water partition coefficient (Wildman–Crippen LogP) is 6.55. The lowest BCUT2D eigenvalue weighted by Gasteiger charge is -2.45. The van der Waals surface area contributed by atoms with Gasteiger partial charge in [-0.2, -0.15) is 26.3 Å². The van der Waals surface area contributed by atoms with E-state index in [2.05, 4.69) is 0 Å². The average molecular weight is 699 g/mol. The lowest BCUT2D eigenvalue weighted by molar-refractivity contribution is -0.128. The van der Waals surface area contributed by atoms with E-state index in [1.54, 1.807) is 36.4 Å². The van der Waals surface area contributed by atoms with Gasteiger partial charge in [0, 0.05) is 0 Å². The molecule has 0 unspecified atom stereocenters. The van der Waals surface area contributed by atoms with Gasteiger partial charge in [-0.05, 0) is 42.2 Å². The zero-order valence-corrected chi connectivity index (χ0v) is 28.3. The summed E-state index contributed by atoms with van der Waals surface area (Å²) in [6.07, 6.45) is -11.5. The van der Waals surface area contributed by atoms with Crippen LogP contribution in [-0.4, -0.2) is 29.0 Å². The van der Waals surface area contributed by atoms with E-state index in [0.717, 1.165) is 0 Å². The summed E-state index contributed by atoms with van der Waals surface area (Å²) in [6.45, 7) is 0. The molecule has 0 fully saturated rings. The molecule has 0 aromatic heterocycles. The third kappa shape index (κ3) is 7.19. The normalized spacial score (nSPS) is 12.5. The fraction of sp³-hybridized carbons (Fsp3) is 0.100. The smallest absolute Gasteiger partial charge is 0.393 e. The van der Waals surface area contributed by atoms with Crippen molar-refractivity contribution in [1.29, 1.82) is 0 Å². The van der Waals surface area contributed by atoms with Crippen molar-refractivity contribution in [3.63, 3.8) is 0 Å². The second kappa shape index (κ2) is 14.0. The molecule has 49 heavy (non-hydrogen) atoms. The molecule has 6 aromatic carbocycles. The molecule has 248 valence electrons. The number of rotatable bonds is 10. The summed E-state index contributed by atoms with van der Waals surface area (Å²) in [7, 11) is -8.11. The van der Waals surface area contributed by atoms with Gasteiger partial charge < -0.3 is 4.12 Å². The van der Waals surface area contributed by atoms with E-state index in [4.69, 9.17) is 4.12 Å². The lowest BCUT2D eigenvalue weighted by atomic mass is 10.1. The van der Waals surface area contributed by atoms with Crippen LogP contribution in [0.25, 0.3) is 0 Å². The van der Waals surface area contributed by atoms with Crippen LogP contribution >= 0.6 is 0 Å². The van der Waals surface area contributed by atoms with Crippen molar-refractivity contribution in [3.8, 4) is 0 Å². The van der Waals surface area contributed by atoms with Gasteiger partial charge in [0.05, 0.1) is 12.8 Å². The van der Waals surface area contributed by atoms with Gasteiger partial charge >= 0.3 is 12.4 Å². The lowest BCUT2D eigenvalue weighted by Crippen LogP contribution is -2.81. The van der Waals surface area contributed by atoms with E-state index >= 15 is 0 Å². The molecule has 0 aliphatic carbocycles. The van der Waals surface area contributed by atoms with Crippen LogP contribution in [0.15, 0.2) is 170 Å². The number of hydrogen-bond donors (Lipinski definition) is 0. The molecular formula is C40H32F6OSi2. The van der Waals surface area contributed by atoms with E-state index < -0.39 is 41.8 Å². The first kappa shape index (κ1) is 34.2. The summed E-state index contributed by atoms with van der Waals surface area (Å²) < 4.78 is 94.0. The Morgan fingerprint density at radius 2 is 0.592 bits per heavy atom. The standard InChI is InChI=1S/C40H32F6OSi2/c41-39(42,43)29-31-17-13-15-27-37(31)48(33-19-5-1-6-20-33,34-21-7-2-8-22-34)47-49(35-23-9-3-10-24-35,36-25-11-4-12-26-36)38-28-16-14-18-32(38)30-40(44,45)46/h1-28H,29-30H2. The van der Waals surface area contributed by atoms with Gasteiger partial charge in [-0.25, -0.2) is 0 Å². The Morgan fingerprint density at radius 3 is 0.857 bits per heavy atom. The molecule has 0 saturated heterocycles. The first-order chi connectivity index (χ1) is 23.5. The maximum absolute atomic E-state index is 14.3. The van der Waals surface area contributed by atoms with Crippen molar-refractivity contribution in [2.24, 2.45) is 0 Å². The monoisotopic (exact) mass is 698 g/mol. The summed E-state index contributed by atoms with van der Waals surface area (Å²) in [5, 5.41) is 3.48. The van der Waals surface area contributed by atoms with Crippen LogP contribution < -0.4 is 31.1 Å². The molecule has 6 aromatic rings. The van der Waals surface area contributed by atoms with Crippen LogP contribution in [-0.2, 0) is 17.0 Å². The SMILES string of the molecule is FC(F)(F)Cc1ccccc1[Si](O[Si](c1ccccc1)(c1ccccc1)c1ccccc1CC(F)(F)F)(c1ccccc1)c1ccccc1. The van der Waals surface area contributed by atoms with Gasteiger partial charge in [0.15, 0.2) is 0 Å². The zero-order valence-electron chi connectivity index (χ0n) is 26.3. The van der Waals surface area contributed by atoms with Crippen LogP contribution in [0.4, 0.5) is 26.3 Å². The molecule has 6 rings (SSSR count). The van der Waals surface area contributed by atoms with Crippen molar-refractivity contribution in [2.45, 2.75) is 25.2 Å². The molecule has 0 heterocycles. The third-order valence-electron chi connectivity index (χ3n) is 8.60. The fourth-order valence-corrected chi connectivity index (χ4v) is 17.8. The van der Waals surface area contributed by atoms with Gasteiger partial charge in [-0.1, -0.05) is 170 Å². The molecule has 0 saturated carbocycles. The fourth-order valence-electron chi connectivity index (χ4n) is 6.69. The van der Waals surface area contributed by atoms with Crippen molar-refractivity contribution in [2.75, 3.05) is 0 Å². The molecule has 0 aliphatic heterocycles. The molecule has 0 amide bonds. The van der Waals surface area contributed by atoms with E-state index in [1.807, 2.05) is 121 Å². The summed E-state index contributed by atoms with van der Waals surface area (Å²) in [6, 6.07) is 49.7. The topological polar surface area (TPSA) is 9.23 Å². The van der Waals surface area contributed by atoms with Gasteiger partial charge in [0.2, 0.25) is 0 Å². The van der Waals surface area contributed by atoms with Crippen LogP contribution in [0.3, 0.4) is 0 Å². The van der Waals surface area contributed by atoms with Crippen molar-refractivity contribution in [1.82, 2.24) is 0 Å². The van der Waals surface area contributed by atoms with Gasteiger partial charge in [-0.15, -0.1) is 0 Å². The number of halogens is 6. The maximum Gasteiger partial charge on any atom is 0.393 e. The van der Waals surface area contributed by atoms with Crippen LogP contribution in [0, 0.1) is 0 Å². The summed E-state index contributed by atoms with van der Waals surface area (Å²) >= 11 is 0. The molecule has 0 spiro atoms. The minimum Gasteiger partial charge on any atom is -0.435 e. The Kier molecular flexibility index (Phi) is 9.78. The van der Waals surface area contributed by atoms with Crippen molar-refractivity contribution in [3.05, 3.63) is 181 Å². The molecular weight excluding hydrogens is 667 g/mol. The Morgan fingerprint density at radius 1 is 0.347 bits per heavy atom. The maximum atomic E-state index is 14.3. The Labute approximate surface area is 283 Å². The van der Waals surface area contributed by atoms with Gasteiger partial charge in [0.1, 0.15) is 0 Å². The Hall–Kier alpha value is -4.71. The van der Waals surface area contributed by atoms with Crippen molar-refractivity contribution < 1.29 is 30.5 Å². The van der Waals surface area contributed by atoms with Gasteiger partial charge in [-0.3, -0.25) is 0 Å². The molecule has 0 atom stereocenters. The third-order valence-corrected chi connectivity index (χ3v) is 18.1. The Balaban J connectivity index is 1.81. The number of benzene rings is 6. The first-order valence-corrected chi connectivity index (χ1v) is 19.6. The Bertz CT molecular complexity index is 1740. The average Bonchev–Trinajstić information content (AvgIpc) is 3.10. The zero-order chi connectivity index (χ0) is 34.5. The molecule has 0 N–H and O–H groups in total. The minimum atomic E-state index is -4.53. The van der Waals surface area contributed by atoms with E-state index in [9.17, 15) is 26.3 Å². The molecule has 1 nitrogen and oxygen atoms in total. The number of alkyl halides is 6. The summed E-state index contributed by atoms with van der Waals surface area (Å²) in [5.41, 5.74) is 0.115. The minimum absolute atomic E-state index is 0.0574. The van der Waals surface area contributed by atoms with E-state index in [1.165, 1.54) is 12.1 Å². The quantitative estimate of drug-likeness (QED) is 0.0897. The van der Waals surface area contributed by atoms with E-state index in [0.29, 0.717) is 31.1 Å². The second-order valence-corrected chi connectivity index (χ2v) is 18.8. The first-order valence-electron chi connectivity index (χ1n) is 15.8. The van der Waals surface area contributed by atoms with Crippen LogP contribution in [0.1, 0.15) is 11.1 Å². The van der Waals surface area contributed by atoms with Crippen LogP contribution in [0.2, 0.25) is 0 Å². The molecule has 9 heteroatoms. The van der Waals surface area contributed by atoms with Crippen molar-refractivity contribution >= 4 is 47.8 Å².